The minimum atomic E-state index is -1.05. The molecule has 0 fully saturated rings. The van der Waals surface area contributed by atoms with Crippen LogP contribution in [0.2, 0.25) is 0 Å². The quantitative estimate of drug-likeness (QED) is 0.735. The second-order valence-corrected chi connectivity index (χ2v) is 4.29. The van der Waals surface area contributed by atoms with Crippen molar-refractivity contribution in [2.24, 2.45) is 0 Å². The highest BCUT2D eigenvalue weighted by atomic mass is 16.4. The maximum absolute atomic E-state index is 11.0. The van der Waals surface area contributed by atoms with E-state index in [0.717, 1.165) is 0 Å². The lowest BCUT2D eigenvalue weighted by Crippen LogP contribution is -2.40. The second kappa shape index (κ2) is 5.00. The summed E-state index contributed by atoms with van der Waals surface area (Å²) in [6, 6.07) is 2.89. The lowest BCUT2D eigenvalue weighted by Gasteiger charge is -2.17. The number of hydrogen-bond acceptors (Lipinski definition) is 3. The first kappa shape index (κ1) is 13.5. The van der Waals surface area contributed by atoms with E-state index in [9.17, 15) is 9.59 Å². The van der Waals surface area contributed by atoms with Crippen molar-refractivity contribution in [1.82, 2.24) is 4.90 Å². The standard InChI is InChI=1S/C14H12N2O4/c1-15-5-3-9(13(17)18)7-11(15)12-8-10(14(19)20)4-6-16(12)2/h3-8H,1H2,2H3,(H-,17,18,19,20)/p+1. The van der Waals surface area contributed by atoms with E-state index in [1.54, 1.807) is 18.1 Å². The van der Waals surface area contributed by atoms with Crippen LogP contribution in [0.1, 0.15) is 10.4 Å². The Balaban J connectivity index is 2.76. The molecular formula is C14H13N2O4+. The normalized spacial score (nSPS) is 16.9. The van der Waals surface area contributed by atoms with Crippen LogP contribution in [0.25, 0.3) is 5.70 Å². The topological polar surface area (TPSA) is 83.7 Å². The van der Waals surface area contributed by atoms with Gasteiger partial charge in [-0.1, -0.05) is 0 Å². The van der Waals surface area contributed by atoms with Gasteiger partial charge in [-0.05, 0) is 12.2 Å². The molecule has 2 heterocycles. The SMILES string of the molecule is C=[n+]1ccc(C(=O)O)cc1=C1C=C(C(=O)O)C=CN1C. The molecule has 0 bridgehead atoms. The zero-order chi connectivity index (χ0) is 14.9. The summed E-state index contributed by atoms with van der Waals surface area (Å²) in [7, 11) is 1.74. The molecule has 0 aromatic carbocycles. The van der Waals surface area contributed by atoms with Crippen LogP contribution in [-0.2, 0) is 4.79 Å². The monoisotopic (exact) mass is 273 g/mol. The van der Waals surface area contributed by atoms with E-state index in [2.05, 4.69) is 6.72 Å². The van der Waals surface area contributed by atoms with E-state index < -0.39 is 11.9 Å². The zero-order valence-electron chi connectivity index (χ0n) is 10.8. The number of aromatic carboxylic acids is 1. The lowest BCUT2D eigenvalue weighted by molar-refractivity contribution is -0.514. The van der Waals surface area contributed by atoms with Gasteiger partial charge in [-0.3, -0.25) is 0 Å². The molecule has 2 N–H and O–H groups in total. The molecule has 1 aliphatic heterocycles. The van der Waals surface area contributed by atoms with Gasteiger partial charge in [-0.2, -0.15) is 4.24 Å². The van der Waals surface area contributed by atoms with E-state index in [-0.39, 0.29) is 11.1 Å². The molecule has 6 heteroatoms. The molecule has 1 aliphatic rings. The molecule has 0 amide bonds. The molecule has 0 unspecified atom stereocenters. The molecule has 0 spiro atoms. The summed E-state index contributed by atoms with van der Waals surface area (Å²) in [4.78, 5) is 23.8. The van der Waals surface area contributed by atoms with Gasteiger partial charge in [0.25, 0.3) is 0 Å². The number of hydrogen-bond donors (Lipinski definition) is 2. The van der Waals surface area contributed by atoms with Crippen LogP contribution in [0, 0.1) is 6.72 Å². The Hall–Kier alpha value is -2.89. The van der Waals surface area contributed by atoms with Crippen LogP contribution in [0.15, 0.2) is 42.3 Å². The van der Waals surface area contributed by atoms with Crippen LogP contribution >= 0.6 is 0 Å². The summed E-state index contributed by atoms with van der Waals surface area (Å²) < 4.78 is 1.49. The van der Waals surface area contributed by atoms with Crippen molar-refractivity contribution in [2.75, 3.05) is 7.05 Å². The average molecular weight is 273 g/mol. The Bertz CT molecular complexity index is 762. The van der Waals surface area contributed by atoms with Gasteiger partial charge >= 0.3 is 11.9 Å². The Labute approximate surface area is 114 Å². The van der Waals surface area contributed by atoms with Gasteiger partial charge < -0.3 is 15.1 Å². The number of aliphatic carboxylic acids is 1. The van der Waals surface area contributed by atoms with Crippen LogP contribution < -0.4 is 9.59 Å². The molecular weight excluding hydrogens is 260 g/mol. The number of pyridine rings is 1. The average Bonchev–Trinajstić information content (AvgIpc) is 2.39. The van der Waals surface area contributed by atoms with E-state index in [1.165, 1.54) is 34.7 Å². The fourth-order valence-electron chi connectivity index (χ4n) is 1.84. The number of carbonyl (C=O) groups is 2. The van der Waals surface area contributed by atoms with Crippen LogP contribution in [0.3, 0.4) is 0 Å². The number of likely N-dealkylation sites (N-methyl/N-ethyl adjacent to an activating group) is 1. The highest BCUT2D eigenvalue weighted by molar-refractivity contribution is 5.93. The maximum Gasteiger partial charge on any atom is 0.336 e. The van der Waals surface area contributed by atoms with Gasteiger partial charge in [0, 0.05) is 25.4 Å². The number of carboxylic acids is 2. The Morgan fingerprint density at radius 2 is 2.00 bits per heavy atom. The fourth-order valence-corrected chi connectivity index (χ4v) is 1.84. The molecule has 6 nitrogen and oxygen atoms in total. The molecule has 1 aromatic heterocycles. The highest BCUT2D eigenvalue weighted by Gasteiger charge is 2.16. The summed E-state index contributed by atoms with van der Waals surface area (Å²) in [5, 5.41) is 18.6. The molecule has 0 aliphatic carbocycles. The molecule has 0 atom stereocenters. The molecule has 2 rings (SSSR count). The molecule has 0 saturated carbocycles. The van der Waals surface area contributed by atoms with Gasteiger partial charge in [-0.25, -0.2) is 9.59 Å². The largest absolute Gasteiger partial charge is 0.478 e. The van der Waals surface area contributed by atoms with Crippen molar-refractivity contribution in [3.8, 4) is 0 Å². The fraction of sp³-hybridized carbons (Fsp3) is 0.0714. The minimum absolute atomic E-state index is 0.112. The first-order valence-corrected chi connectivity index (χ1v) is 5.73. The van der Waals surface area contributed by atoms with Crippen molar-refractivity contribution >= 4 is 17.6 Å². The molecule has 102 valence electrons. The Kier molecular flexibility index (Phi) is 3.39. The van der Waals surface area contributed by atoms with Gasteiger partial charge in [0.15, 0.2) is 6.20 Å². The van der Waals surface area contributed by atoms with E-state index in [0.29, 0.717) is 11.0 Å². The number of rotatable bonds is 2. The van der Waals surface area contributed by atoms with Crippen molar-refractivity contribution in [1.29, 1.82) is 0 Å². The third-order valence-electron chi connectivity index (χ3n) is 2.94. The summed E-state index contributed by atoms with van der Waals surface area (Å²) in [6.45, 7) is 3.78. The first-order chi connectivity index (χ1) is 9.40. The molecule has 0 radical (unpaired) electrons. The number of carboxylic acid groups (broad SMARTS) is 2. The number of nitrogens with zero attached hydrogens (tertiary/aromatic N) is 2. The van der Waals surface area contributed by atoms with E-state index >= 15 is 0 Å². The summed E-state index contributed by atoms with van der Waals surface area (Å²) in [6.07, 6.45) is 6.07. The molecule has 1 aromatic rings. The Morgan fingerprint density at radius 3 is 2.60 bits per heavy atom. The molecule has 20 heavy (non-hydrogen) atoms. The van der Waals surface area contributed by atoms with Crippen molar-refractivity contribution in [3.05, 3.63) is 59.9 Å². The first-order valence-electron chi connectivity index (χ1n) is 5.73. The van der Waals surface area contributed by atoms with Crippen molar-refractivity contribution in [3.63, 3.8) is 0 Å². The van der Waals surface area contributed by atoms with Gasteiger partial charge in [-0.15, -0.1) is 0 Å². The maximum atomic E-state index is 11.0. The summed E-state index contributed by atoms with van der Waals surface area (Å²) >= 11 is 0. The predicted molar refractivity (Wildman–Crippen MR) is 70.0 cm³/mol. The number of aromatic nitrogens is 1. The highest BCUT2D eigenvalue weighted by Crippen LogP contribution is 2.15. The van der Waals surface area contributed by atoms with Crippen LogP contribution in [0.4, 0.5) is 0 Å². The Morgan fingerprint density at radius 1 is 1.30 bits per heavy atom. The van der Waals surface area contributed by atoms with Crippen LogP contribution in [0.5, 0.6) is 0 Å². The van der Waals surface area contributed by atoms with Gasteiger partial charge in [0.1, 0.15) is 12.4 Å². The van der Waals surface area contributed by atoms with Crippen molar-refractivity contribution in [2.45, 2.75) is 0 Å². The summed E-state index contributed by atoms with van der Waals surface area (Å²) in [5.41, 5.74) is 0.794. The third-order valence-corrected chi connectivity index (χ3v) is 2.94. The smallest absolute Gasteiger partial charge is 0.336 e. The predicted octanol–water partition coefficient (Wildman–Crippen LogP) is -0.110. The van der Waals surface area contributed by atoms with Crippen LogP contribution in [-0.4, -0.2) is 34.1 Å². The molecule has 0 saturated heterocycles. The van der Waals surface area contributed by atoms with Gasteiger partial charge in [0.2, 0.25) is 5.35 Å². The zero-order valence-corrected chi connectivity index (χ0v) is 10.8. The van der Waals surface area contributed by atoms with Gasteiger partial charge in [0.05, 0.1) is 11.1 Å². The van der Waals surface area contributed by atoms with E-state index in [1.807, 2.05) is 0 Å². The third kappa shape index (κ3) is 2.44. The summed E-state index contributed by atoms with van der Waals surface area (Å²) in [5.74, 6) is -2.10. The van der Waals surface area contributed by atoms with E-state index in [4.69, 9.17) is 10.2 Å². The second-order valence-electron chi connectivity index (χ2n) is 4.29. The lowest BCUT2D eigenvalue weighted by atomic mass is 10.1. The minimum Gasteiger partial charge on any atom is -0.478 e. The van der Waals surface area contributed by atoms with Crippen molar-refractivity contribution < 1.29 is 24.0 Å².